The first-order valence-electron chi connectivity index (χ1n) is 6.78. The molecule has 2 aromatic carbocycles. The van der Waals surface area contributed by atoms with Gasteiger partial charge >= 0.3 is 0 Å². The van der Waals surface area contributed by atoms with Gasteiger partial charge in [0, 0.05) is 21.8 Å². The number of hydrogen-bond acceptors (Lipinski definition) is 3. The maximum Gasteiger partial charge on any atom is 0.122 e. The molecule has 2 rings (SSSR count). The largest absolute Gasteiger partial charge is 0.496 e. The average Bonchev–Trinajstić information content (AvgIpc) is 2.52. The number of benzene rings is 2. The second-order valence-corrected chi connectivity index (χ2v) is 5.68. The van der Waals surface area contributed by atoms with Gasteiger partial charge in [-0.2, -0.15) is 0 Å². The van der Waals surface area contributed by atoms with Gasteiger partial charge in [0.15, 0.2) is 0 Å². The zero-order valence-electron chi connectivity index (χ0n) is 12.3. The van der Waals surface area contributed by atoms with Gasteiger partial charge < -0.3 is 10.5 Å². The third kappa shape index (κ3) is 4.56. The molecule has 0 aromatic heterocycles. The Kier molecular flexibility index (Phi) is 5.74. The van der Waals surface area contributed by atoms with Crippen LogP contribution in [0.3, 0.4) is 0 Å². The Balaban J connectivity index is 2.15. The van der Waals surface area contributed by atoms with Crippen molar-refractivity contribution in [1.29, 1.82) is 0 Å². The van der Waals surface area contributed by atoms with Gasteiger partial charge in [-0.3, -0.25) is 0 Å². The van der Waals surface area contributed by atoms with Gasteiger partial charge in [0.25, 0.3) is 0 Å². The van der Waals surface area contributed by atoms with E-state index in [-0.39, 0.29) is 0 Å². The van der Waals surface area contributed by atoms with E-state index in [2.05, 4.69) is 49.1 Å². The van der Waals surface area contributed by atoms with E-state index >= 15 is 0 Å². The summed E-state index contributed by atoms with van der Waals surface area (Å²) in [6, 6.07) is 14.5. The summed E-state index contributed by atoms with van der Waals surface area (Å²) >= 11 is 1.79. The number of ether oxygens (including phenoxy) is 1. The normalized spacial score (nSPS) is 9.86. The van der Waals surface area contributed by atoms with Gasteiger partial charge in [-0.1, -0.05) is 29.5 Å². The highest BCUT2D eigenvalue weighted by molar-refractivity contribution is 7.98. The summed E-state index contributed by atoms with van der Waals surface area (Å²) in [5.74, 6) is 7.69. The van der Waals surface area contributed by atoms with Crippen LogP contribution in [0.2, 0.25) is 0 Å². The van der Waals surface area contributed by atoms with E-state index in [9.17, 15) is 0 Å². The molecule has 0 unspecified atom stereocenters. The van der Waals surface area contributed by atoms with Crippen molar-refractivity contribution in [2.75, 3.05) is 13.7 Å². The summed E-state index contributed by atoms with van der Waals surface area (Å²) < 4.78 is 5.43. The van der Waals surface area contributed by atoms with Gasteiger partial charge in [-0.15, -0.1) is 11.8 Å². The Morgan fingerprint density at radius 3 is 2.57 bits per heavy atom. The monoisotopic (exact) mass is 297 g/mol. The fourth-order valence-corrected chi connectivity index (χ4v) is 2.79. The van der Waals surface area contributed by atoms with Crippen molar-refractivity contribution in [3.8, 4) is 17.6 Å². The minimum atomic E-state index is 0.374. The molecule has 2 aromatic rings. The van der Waals surface area contributed by atoms with Crippen LogP contribution >= 0.6 is 11.8 Å². The van der Waals surface area contributed by atoms with Crippen molar-refractivity contribution in [3.63, 3.8) is 0 Å². The number of aryl methyl sites for hydroxylation is 1. The van der Waals surface area contributed by atoms with Crippen LogP contribution in [-0.2, 0) is 5.75 Å². The lowest BCUT2D eigenvalue weighted by atomic mass is 10.1. The summed E-state index contributed by atoms with van der Waals surface area (Å²) in [5.41, 5.74) is 8.81. The van der Waals surface area contributed by atoms with E-state index in [1.165, 1.54) is 10.5 Å². The molecule has 0 aliphatic carbocycles. The Hall–Kier alpha value is -1.89. The van der Waals surface area contributed by atoms with E-state index in [4.69, 9.17) is 10.5 Å². The van der Waals surface area contributed by atoms with Crippen LogP contribution in [0, 0.1) is 18.8 Å². The fourth-order valence-electron chi connectivity index (χ4n) is 1.92. The molecule has 0 aliphatic heterocycles. The molecule has 21 heavy (non-hydrogen) atoms. The van der Waals surface area contributed by atoms with E-state index < -0.39 is 0 Å². The van der Waals surface area contributed by atoms with Crippen LogP contribution < -0.4 is 10.5 Å². The Morgan fingerprint density at radius 1 is 1.14 bits per heavy atom. The summed E-state index contributed by atoms with van der Waals surface area (Å²) in [6.07, 6.45) is 0. The molecule has 0 bridgehead atoms. The van der Waals surface area contributed by atoms with Gasteiger partial charge in [0.2, 0.25) is 0 Å². The van der Waals surface area contributed by atoms with Crippen molar-refractivity contribution in [1.82, 2.24) is 0 Å². The zero-order chi connectivity index (χ0) is 15.1. The topological polar surface area (TPSA) is 35.2 Å². The minimum absolute atomic E-state index is 0.374. The highest BCUT2D eigenvalue weighted by atomic mass is 32.2. The molecule has 2 nitrogen and oxygen atoms in total. The lowest BCUT2D eigenvalue weighted by Gasteiger charge is -2.09. The highest BCUT2D eigenvalue weighted by Gasteiger charge is 2.05. The maximum absolute atomic E-state index is 5.43. The first kappa shape index (κ1) is 15.5. The van der Waals surface area contributed by atoms with Crippen molar-refractivity contribution >= 4 is 11.8 Å². The van der Waals surface area contributed by atoms with Gasteiger partial charge in [-0.05, 0) is 37.3 Å². The van der Waals surface area contributed by atoms with Gasteiger partial charge in [0.1, 0.15) is 5.75 Å². The second-order valence-electron chi connectivity index (χ2n) is 4.63. The summed E-state index contributed by atoms with van der Waals surface area (Å²) in [4.78, 5) is 1.25. The molecule has 2 N–H and O–H groups in total. The molecule has 0 radical (unpaired) electrons. The molecular formula is C18H19NOS. The van der Waals surface area contributed by atoms with Crippen LogP contribution in [0.1, 0.15) is 16.7 Å². The van der Waals surface area contributed by atoms with Crippen LogP contribution in [-0.4, -0.2) is 13.7 Å². The molecule has 0 heterocycles. The van der Waals surface area contributed by atoms with Gasteiger partial charge in [0.05, 0.1) is 13.7 Å². The molecule has 108 valence electrons. The second kappa shape index (κ2) is 7.78. The molecule has 3 heteroatoms. The quantitative estimate of drug-likeness (QED) is 0.691. The summed E-state index contributed by atoms with van der Waals surface area (Å²) in [7, 11) is 1.70. The lowest BCUT2D eigenvalue weighted by Crippen LogP contribution is -1.94. The number of methoxy groups -OCH3 is 1. The number of thioether (sulfide) groups is 1. The van der Waals surface area contributed by atoms with E-state index in [1.807, 2.05) is 12.1 Å². The number of hydrogen-bond donors (Lipinski definition) is 1. The van der Waals surface area contributed by atoms with Crippen LogP contribution in [0.5, 0.6) is 5.75 Å². The predicted molar refractivity (Wildman–Crippen MR) is 89.7 cm³/mol. The molecule has 0 aliphatic rings. The van der Waals surface area contributed by atoms with Crippen molar-refractivity contribution in [2.45, 2.75) is 17.6 Å². The molecule has 0 fully saturated rings. The summed E-state index contributed by atoms with van der Waals surface area (Å²) in [6.45, 7) is 2.47. The van der Waals surface area contributed by atoms with Crippen molar-refractivity contribution in [3.05, 3.63) is 59.2 Å². The van der Waals surface area contributed by atoms with Crippen LogP contribution in [0.4, 0.5) is 0 Å². The Bertz CT molecular complexity index is 653. The number of rotatable bonds is 4. The molecule has 0 amide bonds. The maximum atomic E-state index is 5.43. The molecule has 0 saturated carbocycles. The third-order valence-electron chi connectivity index (χ3n) is 3.03. The molecular weight excluding hydrogens is 278 g/mol. The van der Waals surface area contributed by atoms with Crippen LogP contribution in [0.25, 0.3) is 0 Å². The standard InChI is InChI=1S/C18H19NOS/c1-14-5-8-17(9-6-14)21-13-16-12-15(4-3-11-19)7-10-18(16)20-2/h5-10,12H,11,13,19H2,1-2H3. The van der Waals surface area contributed by atoms with Crippen LogP contribution in [0.15, 0.2) is 47.4 Å². The van der Waals surface area contributed by atoms with E-state index in [0.717, 1.165) is 22.6 Å². The fraction of sp³-hybridized carbons (Fsp3) is 0.222. The molecule has 0 saturated heterocycles. The highest BCUT2D eigenvalue weighted by Crippen LogP contribution is 2.28. The SMILES string of the molecule is COc1ccc(C#CCN)cc1CSc1ccc(C)cc1. The van der Waals surface area contributed by atoms with Crippen molar-refractivity contribution < 1.29 is 4.74 Å². The molecule has 0 spiro atoms. The third-order valence-corrected chi connectivity index (χ3v) is 4.09. The van der Waals surface area contributed by atoms with E-state index in [1.54, 1.807) is 18.9 Å². The zero-order valence-corrected chi connectivity index (χ0v) is 13.2. The predicted octanol–water partition coefficient (Wildman–Crippen LogP) is 3.61. The Morgan fingerprint density at radius 2 is 1.90 bits per heavy atom. The first-order valence-corrected chi connectivity index (χ1v) is 7.77. The van der Waals surface area contributed by atoms with Gasteiger partial charge in [-0.25, -0.2) is 0 Å². The minimum Gasteiger partial charge on any atom is -0.496 e. The van der Waals surface area contributed by atoms with Crippen molar-refractivity contribution in [2.24, 2.45) is 5.73 Å². The summed E-state index contributed by atoms with van der Waals surface area (Å²) in [5, 5.41) is 0. The first-order chi connectivity index (χ1) is 10.2. The van der Waals surface area contributed by atoms with E-state index in [0.29, 0.717) is 6.54 Å². The average molecular weight is 297 g/mol. The molecule has 0 atom stereocenters. The Labute approximate surface area is 130 Å². The number of nitrogens with two attached hydrogens (primary N) is 1. The smallest absolute Gasteiger partial charge is 0.122 e. The lowest BCUT2D eigenvalue weighted by molar-refractivity contribution is 0.411.